The number of anilines is 1. The Morgan fingerprint density at radius 2 is 2.13 bits per heavy atom. The Morgan fingerprint density at radius 1 is 1.40 bits per heavy atom. The minimum absolute atomic E-state index is 0. The summed E-state index contributed by atoms with van der Waals surface area (Å²) in [6, 6.07) is 8.12. The summed E-state index contributed by atoms with van der Waals surface area (Å²) < 4.78 is 0. The number of para-hydroxylation sites is 1. The predicted molar refractivity (Wildman–Crippen MR) is 64.4 cm³/mol. The molecule has 0 unspecified atom stereocenters. The Bertz CT molecular complexity index is 319. The molecule has 84 valence electrons. The molecule has 1 aliphatic heterocycles. The molecule has 1 aliphatic rings. The quantitative estimate of drug-likeness (QED) is 0.798. The van der Waals surface area contributed by atoms with Crippen molar-refractivity contribution in [2.24, 2.45) is 5.73 Å². The van der Waals surface area contributed by atoms with Gasteiger partial charge >= 0.3 is 0 Å². The van der Waals surface area contributed by atoms with Crippen LogP contribution in [0, 0.1) is 0 Å². The van der Waals surface area contributed by atoms with Crippen molar-refractivity contribution < 1.29 is 5.11 Å². The molecule has 1 fully saturated rings. The van der Waals surface area contributed by atoms with Crippen LogP contribution in [0.4, 0.5) is 5.69 Å². The van der Waals surface area contributed by atoms with Crippen molar-refractivity contribution in [3.8, 4) is 0 Å². The second-order valence-electron chi connectivity index (χ2n) is 3.72. The van der Waals surface area contributed by atoms with Gasteiger partial charge in [0.1, 0.15) is 0 Å². The molecule has 0 aromatic heterocycles. The molecule has 0 bridgehead atoms. The number of β-amino-alcohol motifs (C(OH)–C–C–N with tert-alkyl or cyclic N) is 1. The molecule has 1 aromatic carbocycles. The minimum Gasteiger partial charge on any atom is -0.391 e. The van der Waals surface area contributed by atoms with Crippen LogP contribution in [0.3, 0.4) is 0 Å². The monoisotopic (exact) mass is 228 g/mol. The van der Waals surface area contributed by atoms with Crippen LogP contribution in [0.2, 0.25) is 0 Å². The highest BCUT2D eigenvalue weighted by Gasteiger charge is 2.21. The van der Waals surface area contributed by atoms with E-state index in [4.69, 9.17) is 5.73 Å². The van der Waals surface area contributed by atoms with Crippen LogP contribution in [-0.4, -0.2) is 24.3 Å². The Morgan fingerprint density at radius 3 is 2.73 bits per heavy atom. The third-order valence-corrected chi connectivity index (χ3v) is 2.72. The summed E-state index contributed by atoms with van der Waals surface area (Å²) in [4.78, 5) is 2.20. The average Bonchev–Trinajstić information content (AvgIpc) is 2.65. The van der Waals surface area contributed by atoms with E-state index in [9.17, 15) is 5.11 Å². The van der Waals surface area contributed by atoms with Crippen molar-refractivity contribution in [2.45, 2.75) is 19.1 Å². The van der Waals surface area contributed by atoms with Crippen molar-refractivity contribution >= 4 is 18.1 Å². The van der Waals surface area contributed by atoms with Gasteiger partial charge in [0, 0.05) is 25.3 Å². The lowest BCUT2D eigenvalue weighted by molar-refractivity contribution is 0.198. The minimum atomic E-state index is -0.180. The molecular weight excluding hydrogens is 212 g/mol. The van der Waals surface area contributed by atoms with Gasteiger partial charge in [-0.2, -0.15) is 0 Å². The Hall–Kier alpha value is -0.770. The number of hydrogen-bond donors (Lipinski definition) is 2. The van der Waals surface area contributed by atoms with E-state index in [-0.39, 0.29) is 18.5 Å². The van der Waals surface area contributed by atoms with Crippen molar-refractivity contribution in [3.05, 3.63) is 29.8 Å². The smallest absolute Gasteiger partial charge is 0.0731 e. The van der Waals surface area contributed by atoms with Gasteiger partial charge in [0.05, 0.1) is 6.10 Å². The van der Waals surface area contributed by atoms with E-state index in [2.05, 4.69) is 11.0 Å². The van der Waals surface area contributed by atoms with E-state index in [0.717, 1.165) is 25.1 Å². The normalized spacial score (nSPS) is 20.1. The van der Waals surface area contributed by atoms with E-state index in [1.54, 1.807) is 0 Å². The van der Waals surface area contributed by atoms with Gasteiger partial charge in [-0.3, -0.25) is 0 Å². The fourth-order valence-corrected chi connectivity index (χ4v) is 1.95. The summed E-state index contributed by atoms with van der Waals surface area (Å²) >= 11 is 0. The number of aliphatic hydroxyl groups is 1. The summed E-state index contributed by atoms with van der Waals surface area (Å²) in [5, 5.41) is 9.45. The summed E-state index contributed by atoms with van der Waals surface area (Å²) in [6.07, 6.45) is 0.680. The summed E-state index contributed by atoms with van der Waals surface area (Å²) in [5.74, 6) is 0. The van der Waals surface area contributed by atoms with E-state index in [1.165, 1.54) is 5.69 Å². The molecule has 0 radical (unpaired) electrons. The lowest BCUT2D eigenvalue weighted by atomic mass is 10.1. The topological polar surface area (TPSA) is 49.5 Å². The van der Waals surface area contributed by atoms with Gasteiger partial charge < -0.3 is 15.7 Å². The molecule has 0 aliphatic carbocycles. The molecule has 4 heteroatoms. The van der Waals surface area contributed by atoms with Crippen molar-refractivity contribution in [1.82, 2.24) is 0 Å². The lowest BCUT2D eigenvalue weighted by Gasteiger charge is -2.20. The number of halogens is 1. The van der Waals surface area contributed by atoms with Gasteiger partial charge in [-0.25, -0.2) is 0 Å². The molecule has 1 heterocycles. The standard InChI is InChI=1S/C11H16N2O.ClH/c12-7-9-3-1-2-4-11(9)13-6-5-10(14)8-13;/h1-4,10,14H,5-8,12H2;1H/t10-;/m1./s1. The van der Waals surface area contributed by atoms with Crippen molar-refractivity contribution in [2.75, 3.05) is 18.0 Å². The zero-order chi connectivity index (χ0) is 9.97. The van der Waals surface area contributed by atoms with Crippen molar-refractivity contribution in [1.29, 1.82) is 0 Å². The molecule has 1 aromatic rings. The second-order valence-corrected chi connectivity index (χ2v) is 3.72. The summed E-state index contributed by atoms with van der Waals surface area (Å²) in [7, 11) is 0. The molecule has 15 heavy (non-hydrogen) atoms. The third-order valence-electron chi connectivity index (χ3n) is 2.72. The van der Waals surface area contributed by atoms with Gasteiger partial charge in [0.15, 0.2) is 0 Å². The summed E-state index contributed by atoms with van der Waals surface area (Å²) in [6.45, 7) is 2.22. The number of hydrogen-bond acceptors (Lipinski definition) is 3. The highest BCUT2D eigenvalue weighted by Crippen LogP contribution is 2.23. The van der Waals surface area contributed by atoms with Gasteiger partial charge in [0.25, 0.3) is 0 Å². The van der Waals surface area contributed by atoms with Crippen LogP contribution in [0.25, 0.3) is 0 Å². The third kappa shape index (κ3) is 2.62. The lowest BCUT2D eigenvalue weighted by Crippen LogP contribution is -2.22. The van der Waals surface area contributed by atoms with Gasteiger partial charge in [-0.1, -0.05) is 18.2 Å². The SMILES string of the molecule is Cl.NCc1ccccc1N1CC[C@@H](O)C1. The first-order chi connectivity index (χ1) is 6.81. The Kier molecular flexibility index (Phi) is 4.39. The van der Waals surface area contributed by atoms with Crippen LogP contribution < -0.4 is 10.6 Å². The number of aliphatic hydroxyl groups excluding tert-OH is 1. The molecular formula is C11H17ClN2O. The average molecular weight is 229 g/mol. The molecule has 3 N–H and O–H groups in total. The Balaban J connectivity index is 0.00000112. The molecule has 1 atom stereocenters. The van der Waals surface area contributed by atoms with Crippen LogP contribution >= 0.6 is 12.4 Å². The maximum absolute atomic E-state index is 9.45. The molecule has 0 spiro atoms. The first-order valence-electron chi connectivity index (χ1n) is 5.02. The fourth-order valence-electron chi connectivity index (χ4n) is 1.95. The highest BCUT2D eigenvalue weighted by atomic mass is 35.5. The van der Waals surface area contributed by atoms with Gasteiger partial charge in [0.2, 0.25) is 0 Å². The van der Waals surface area contributed by atoms with Crippen molar-refractivity contribution in [3.63, 3.8) is 0 Å². The van der Waals surface area contributed by atoms with Gasteiger partial charge in [-0.05, 0) is 18.1 Å². The number of benzene rings is 1. The number of nitrogens with zero attached hydrogens (tertiary/aromatic N) is 1. The van der Waals surface area contributed by atoms with Crippen LogP contribution in [0.1, 0.15) is 12.0 Å². The second kappa shape index (κ2) is 5.35. The van der Waals surface area contributed by atoms with Crippen LogP contribution in [0.15, 0.2) is 24.3 Å². The molecule has 1 saturated heterocycles. The molecule has 0 amide bonds. The first kappa shape index (κ1) is 12.3. The maximum Gasteiger partial charge on any atom is 0.0731 e. The zero-order valence-corrected chi connectivity index (χ0v) is 9.41. The van der Waals surface area contributed by atoms with E-state index < -0.39 is 0 Å². The molecule has 3 nitrogen and oxygen atoms in total. The maximum atomic E-state index is 9.45. The number of nitrogens with two attached hydrogens (primary N) is 1. The van der Waals surface area contributed by atoms with E-state index >= 15 is 0 Å². The number of rotatable bonds is 2. The summed E-state index contributed by atoms with van der Waals surface area (Å²) in [5.41, 5.74) is 7.99. The van der Waals surface area contributed by atoms with Crippen LogP contribution in [0.5, 0.6) is 0 Å². The highest BCUT2D eigenvalue weighted by molar-refractivity contribution is 5.85. The molecule has 2 rings (SSSR count). The van der Waals surface area contributed by atoms with E-state index in [0.29, 0.717) is 6.54 Å². The van der Waals surface area contributed by atoms with Gasteiger partial charge in [-0.15, -0.1) is 12.4 Å². The Labute approximate surface area is 96.3 Å². The largest absolute Gasteiger partial charge is 0.391 e. The fraction of sp³-hybridized carbons (Fsp3) is 0.455. The van der Waals surface area contributed by atoms with Crippen LogP contribution in [-0.2, 0) is 6.54 Å². The zero-order valence-electron chi connectivity index (χ0n) is 8.60. The molecule has 0 saturated carbocycles. The van der Waals surface area contributed by atoms with E-state index in [1.807, 2.05) is 18.2 Å². The predicted octanol–water partition coefficient (Wildman–Crippen LogP) is 1.14. The first-order valence-corrected chi connectivity index (χ1v) is 5.02.